The van der Waals surface area contributed by atoms with Crippen molar-refractivity contribution >= 4 is 71.2 Å². The van der Waals surface area contributed by atoms with Gasteiger partial charge in [-0.15, -0.1) is 0 Å². The summed E-state index contributed by atoms with van der Waals surface area (Å²) >= 11 is 11.5. The van der Waals surface area contributed by atoms with Crippen LogP contribution in [0.5, 0.6) is 0 Å². The lowest BCUT2D eigenvalue weighted by molar-refractivity contribution is 0.588. The van der Waals surface area contributed by atoms with Crippen molar-refractivity contribution in [3.05, 3.63) is 55.8 Å². The largest absolute Gasteiger partial charge is 0.270 e. The van der Waals surface area contributed by atoms with Gasteiger partial charge in [-0.25, -0.2) is 17.4 Å². The molecular formula is C13H7BrClIN2O2S. The van der Waals surface area contributed by atoms with Gasteiger partial charge in [0.2, 0.25) is 0 Å². The number of pyridine rings is 1. The van der Waals surface area contributed by atoms with Crippen molar-refractivity contribution < 1.29 is 8.42 Å². The van der Waals surface area contributed by atoms with Gasteiger partial charge in [0.1, 0.15) is 0 Å². The molecule has 0 amide bonds. The van der Waals surface area contributed by atoms with Gasteiger partial charge in [-0.1, -0.05) is 29.8 Å². The maximum Gasteiger partial charge on any atom is 0.270 e. The molecule has 3 aromatic rings. The fourth-order valence-electron chi connectivity index (χ4n) is 1.97. The van der Waals surface area contributed by atoms with Crippen LogP contribution in [0.2, 0.25) is 5.02 Å². The summed E-state index contributed by atoms with van der Waals surface area (Å²) in [5.41, 5.74) is 0.316. The summed E-state index contributed by atoms with van der Waals surface area (Å²) < 4.78 is 27.9. The third-order valence-electron chi connectivity index (χ3n) is 2.92. The number of halogens is 3. The van der Waals surface area contributed by atoms with Crippen LogP contribution in [-0.2, 0) is 10.0 Å². The first-order chi connectivity index (χ1) is 9.93. The zero-order valence-electron chi connectivity index (χ0n) is 10.3. The summed E-state index contributed by atoms with van der Waals surface area (Å²) in [5.74, 6) is 0. The van der Waals surface area contributed by atoms with Crippen LogP contribution in [0, 0.1) is 3.70 Å². The molecule has 0 saturated carbocycles. The van der Waals surface area contributed by atoms with Gasteiger partial charge in [0, 0.05) is 11.6 Å². The SMILES string of the molecule is O=S(=O)(c1ccccc1)n1c(I)cc2c(Cl)c(Br)cnc21. The minimum absolute atomic E-state index is 0.209. The monoisotopic (exact) mass is 496 g/mol. The van der Waals surface area contributed by atoms with Gasteiger partial charge in [0.25, 0.3) is 10.0 Å². The van der Waals surface area contributed by atoms with Crippen molar-refractivity contribution in [1.29, 1.82) is 0 Å². The maximum atomic E-state index is 12.8. The highest BCUT2D eigenvalue weighted by atomic mass is 127. The molecule has 8 heteroatoms. The van der Waals surface area contributed by atoms with Crippen molar-refractivity contribution in [3.63, 3.8) is 0 Å². The molecule has 0 radical (unpaired) electrons. The molecule has 21 heavy (non-hydrogen) atoms. The zero-order valence-corrected chi connectivity index (χ0v) is 15.6. The van der Waals surface area contributed by atoms with Crippen LogP contribution in [0.4, 0.5) is 0 Å². The Kier molecular flexibility index (Phi) is 4.02. The molecule has 0 N–H and O–H groups in total. The van der Waals surface area contributed by atoms with E-state index in [1.165, 1.54) is 10.2 Å². The van der Waals surface area contributed by atoms with Crippen LogP contribution in [0.1, 0.15) is 0 Å². The van der Waals surface area contributed by atoms with E-state index in [1.807, 2.05) is 22.6 Å². The summed E-state index contributed by atoms with van der Waals surface area (Å²) in [6.45, 7) is 0. The van der Waals surface area contributed by atoms with Crippen molar-refractivity contribution in [2.45, 2.75) is 4.90 Å². The summed E-state index contributed by atoms with van der Waals surface area (Å²) in [7, 11) is -3.71. The topological polar surface area (TPSA) is 52.0 Å². The quantitative estimate of drug-likeness (QED) is 0.497. The molecule has 2 aromatic heterocycles. The molecule has 0 aliphatic rings. The third kappa shape index (κ3) is 2.49. The Labute approximate surface area is 148 Å². The average Bonchev–Trinajstić information content (AvgIpc) is 2.82. The lowest BCUT2D eigenvalue weighted by Crippen LogP contribution is -2.14. The molecule has 0 bridgehead atoms. The van der Waals surface area contributed by atoms with Crippen LogP contribution in [-0.4, -0.2) is 17.4 Å². The number of rotatable bonds is 2. The molecule has 0 saturated heterocycles. The highest BCUT2D eigenvalue weighted by molar-refractivity contribution is 14.1. The number of aromatic nitrogens is 2. The Morgan fingerprint density at radius 2 is 1.90 bits per heavy atom. The van der Waals surface area contributed by atoms with Gasteiger partial charge in [-0.2, -0.15) is 0 Å². The minimum atomic E-state index is -3.71. The molecule has 4 nitrogen and oxygen atoms in total. The van der Waals surface area contributed by atoms with E-state index in [2.05, 4.69) is 20.9 Å². The highest BCUT2D eigenvalue weighted by Crippen LogP contribution is 2.33. The molecule has 2 heterocycles. The van der Waals surface area contributed by atoms with Crippen molar-refractivity contribution in [2.75, 3.05) is 0 Å². The Balaban J connectivity index is 2.36. The predicted octanol–water partition coefficient (Wildman–Crippen LogP) is 4.29. The average molecular weight is 498 g/mol. The smallest absolute Gasteiger partial charge is 0.236 e. The van der Waals surface area contributed by atoms with E-state index in [0.29, 0.717) is 24.2 Å². The Bertz CT molecular complexity index is 942. The second-order valence-corrected chi connectivity index (χ2v) is 8.33. The van der Waals surface area contributed by atoms with E-state index < -0.39 is 10.0 Å². The van der Waals surface area contributed by atoms with Crippen LogP contribution in [0.25, 0.3) is 11.0 Å². The Hall–Kier alpha value is -0.640. The first-order valence-corrected chi connectivity index (χ1v) is 9.43. The fraction of sp³-hybridized carbons (Fsp3) is 0. The molecule has 0 atom stereocenters. The number of hydrogen-bond donors (Lipinski definition) is 0. The molecule has 1 aromatic carbocycles. The molecule has 0 spiro atoms. The van der Waals surface area contributed by atoms with Gasteiger partial charge in [0.15, 0.2) is 5.65 Å². The maximum absolute atomic E-state index is 12.8. The first kappa shape index (κ1) is 15.3. The molecular weight excluding hydrogens is 490 g/mol. The second kappa shape index (κ2) is 5.53. The van der Waals surface area contributed by atoms with Crippen molar-refractivity contribution in [2.24, 2.45) is 0 Å². The fourth-order valence-corrected chi connectivity index (χ4v) is 5.15. The van der Waals surface area contributed by atoms with E-state index in [1.54, 1.807) is 36.4 Å². The van der Waals surface area contributed by atoms with E-state index in [4.69, 9.17) is 11.6 Å². The molecule has 3 rings (SSSR count). The zero-order chi connectivity index (χ0) is 15.2. The molecule has 0 unspecified atom stereocenters. The van der Waals surface area contributed by atoms with Gasteiger partial charge in [-0.3, -0.25) is 0 Å². The second-order valence-electron chi connectivity index (χ2n) is 4.21. The molecule has 0 aliphatic heterocycles. The van der Waals surface area contributed by atoms with Crippen LogP contribution >= 0.6 is 50.1 Å². The van der Waals surface area contributed by atoms with Gasteiger partial charge >= 0.3 is 0 Å². The highest BCUT2D eigenvalue weighted by Gasteiger charge is 2.24. The summed E-state index contributed by atoms with van der Waals surface area (Å²) in [6.07, 6.45) is 1.50. The van der Waals surface area contributed by atoms with Crippen molar-refractivity contribution in [1.82, 2.24) is 8.96 Å². The number of benzene rings is 1. The van der Waals surface area contributed by atoms with Crippen LogP contribution in [0.3, 0.4) is 0 Å². The Morgan fingerprint density at radius 3 is 2.57 bits per heavy atom. The first-order valence-electron chi connectivity index (χ1n) is 5.74. The van der Waals surface area contributed by atoms with E-state index in [0.717, 1.165) is 0 Å². The number of fused-ring (bicyclic) bond motifs is 1. The number of nitrogens with zero attached hydrogens (tertiary/aromatic N) is 2. The summed E-state index contributed by atoms with van der Waals surface area (Å²) in [6, 6.07) is 9.95. The third-order valence-corrected chi connectivity index (χ3v) is 6.99. The van der Waals surface area contributed by atoms with Gasteiger partial charge in [-0.05, 0) is 56.7 Å². The molecule has 0 fully saturated rings. The molecule has 0 aliphatic carbocycles. The normalized spacial score (nSPS) is 12.0. The standard InChI is InChI=1S/C13H7BrClIN2O2S/c14-10-7-17-13-9(12(10)15)6-11(16)18(13)21(19,20)8-4-2-1-3-5-8/h1-7H. The van der Waals surface area contributed by atoms with E-state index in [9.17, 15) is 8.42 Å². The van der Waals surface area contributed by atoms with E-state index >= 15 is 0 Å². The minimum Gasteiger partial charge on any atom is -0.236 e. The number of hydrogen-bond acceptors (Lipinski definition) is 3. The molecule has 108 valence electrons. The summed E-state index contributed by atoms with van der Waals surface area (Å²) in [5, 5.41) is 1.04. The predicted molar refractivity (Wildman–Crippen MR) is 94.2 cm³/mol. The van der Waals surface area contributed by atoms with E-state index in [-0.39, 0.29) is 4.90 Å². The summed E-state index contributed by atoms with van der Waals surface area (Å²) in [4.78, 5) is 4.41. The lowest BCUT2D eigenvalue weighted by atomic mass is 10.3. The van der Waals surface area contributed by atoms with Crippen LogP contribution in [0.15, 0.2) is 52.0 Å². The van der Waals surface area contributed by atoms with Gasteiger partial charge < -0.3 is 0 Å². The Morgan fingerprint density at radius 1 is 1.24 bits per heavy atom. The van der Waals surface area contributed by atoms with Crippen molar-refractivity contribution in [3.8, 4) is 0 Å². The van der Waals surface area contributed by atoms with Gasteiger partial charge in [0.05, 0.1) is 18.1 Å². The van der Waals surface area contributed by atoms with Crippen LogP contribution < -0.4 is 0 Å². The lowest BCUT2D eigenvalue weighted by Gasteiger charge is -2.08.